The SMILES string of the molecule is O=C(O)c1ccc(NC2NCC3=C(N2)c2ccccc2C(c2c(F)cccc2F)=NC3)cc1. The molecule has 2 aliphatic rings. The fourth-order valence-electron chi connectivity index (χ4n) is 4.08. The fraction of sp³-hybridized carbons (Fsp3) is 0.120. The first-order chi connectivity index (χ1) is 16.0. The van der Waals surface area contributed by atoms with Crippen LogP contribution >= 0.6 is 0 Å². The summed E-state index contributed by atoms with van der Waals surface area (Å²) in [6, 6.07) is 17.7. The van der Waals surface area contributed by atoms with Crippen LogP contribution in [0.1, 0.15) is 27.0 Å². The predicted octanol–water partition coefficient (Wildman–Crippen LogP) is 3.81. The van der Waals surface area contributed by atoms with Crippen LogP contribution in [0.4, 0.5) is 14.5 Å². The van der Waals surface area contributed by atoms with Crippen molar-refractivity contribution < 1.29 is 18.7 Å². The molecule has 4 N–H and O–H groups in total. The van der Waals surface area contributed by atoms with Gasteiger partial charge in [0.05, 0.1) is 23.4 Å². The molecule has 0 fully saturated rings. The Morgan fingerprint density at radius 1 is 0.970 bits per heavy atom. The molecule has 3 aromatic carbocycles. The Morgan fingerprint density at radius 3 is 2.36 bits per heavy atom. The van der Waals surface area contributed by atoms with Crippen molar-refractivity contribution >= 4 is 23.1 Å². The monoisotopic (exact) mass is 446 g/mol. The number of anilines is 1. The van der Waals surface area contributed by atoms with Gasteiger partial charge in [-0.2, -0.15) is 0 Å². The van der Waals surface area contributed by atoms with E-state index in [1.165, 1.54) is 30.3 Å². The van der Waals surface area contributed by atoms with Crippen LogP contribution in [0.15, 0.2) is 77.3 Å². The highest BCUT2D eigenvalue weighted by molar-refractivity contribution is 6.16. The van der Waals surface area contributed by atoms with E-state index in [0.717, 1.165) is 22.5 Å². The van der Waals surface area contributed by atoms with Crippen LogP contribution in [0.3, 0.4) is 0 Å². The lowest BCUT2D eigenvalue weighted by molar-refractivity contribution is 0.0697. The van der Waals surface area contributed by atoms with Gasteiger partial charge in [0.1, 0.15) is 11.6 Å². The molecule has 0 aromatic heterocycles. The van der Waals surface area contributed by atoms with Crippen molar-refractivity contribution in [1.29, 1.82) is 0 Å². The molecule has 166 valence electrons. The summed E-state index contributed by atoms with van der Waals surface area (Å²) in [6.45, 7) is 0.797. The molecule has 2 aliphatic heterocycles. The summed E-state index contributed by atoms with van der Waals surface area (Å²) in [5.74, 6) is -2.29. The number of hydrogen-bond donors (Lipinski definition) is 4. The first-order valence-corrected chi connectivity index (χ1v) is 10.4. The van der Waals surface area contributed by atoms with Crippen LogP contribution in [-0.2, 0) is 0 Å². The van der Waals surface area contributed by atoms with E-state index in [1.54, 1.807) is 12.1 Å². The molecule has 5 rings (SSSR count). The number of aliphatic imine (C=N–C) groups is 1. The lowest BCUT2D eigenvalue weighted by Crippen LogP contribution is -2.52. The molecule has 0 amide bonds. The zero-order valence-electron chi connectivity index (χ0n) is 17.4. The Balaban J connectivity index is 1.46. The van der Waals surface area contributed by atoms with Gasteiger partial charge in [-0.25, -0.2) is 13.6 Å². The second kappa shape index (κ2) is 8.48. The number of hydrogen-bond acceptors (Lipinski definition) is 5. The highest BCUT2D eigenvalue weighted by Crippen LogP contribution is 2.30. The third-order valence-electron chi connectivity index (χ3n) is 5.68. The normalized spacial score (nSPS) is 17.3. The number of carboxylic acid groups (broad SMARTS) is 1. The van der Waals surface area contributed by atoms with E-state index in [-0.39, 0.29) is 29.7 Å². The summed E-state index contributed by atoms with van der Waals surface area (Å²) in [5.41, 5.74) is 4.36. The molecule has 1 unspecified atom stereocenters. The number of fused-ring (bicyclic) bond motifs is 2. The van der Waals surface area contributed by atoms with Crippen LogP contribution in [0.25, 0.3) is 5.70 Å². The number of nitrogens with zero attached hydrogens (tertiary/aromatic N) is 1. The van der Waals surface area contributed by atoms with Crippen LogP contribution in [0, 0.1) is 11.6 Å². The third-order valence-corrected chi connectivity index (χ3v) is 5.68. The van der Waals surface area contributed by atoms with E-state index < -0.39 is 17.6 Å². The van der Waals surface area contributed by atoms with Gasteiger partial charge in [0, 0.05) is 29.1 Å². The highest BCUT2D eigenvalue weighted by atomic mass is 19.1. The topological polar surface area (TPSA) is 85.8 Å². The second-order valence-corrected chi connectivity index (χ2v) is 7.77. The number of halogens is 2. The molecular weight excluding hydrogens is 426 g/mol. The van der Waals surface area contributed by atoms with Gasteiger partial charge in [-0.15, -0.1) is 0 Å². The zero-order valence-corrected chi connectivity index (χ0v) is 17.4. The van der Waals surface area contributed by atoms with E-state index in [1.807, 2.05) is 24.3 Å². The van der Waals surface area contributed by atoms with E-state index >= 15 is 0 Å². The summed E-state index contributed by atoms with van der Waals surface area (Å²) in [4.78, 5) is 15.7. The Hall–Kier alpha value is -4.04. The molecule has 0 aliphatic carbocycles. The lowest BCUT2D eigenvalue weighted by Gasteiger charge is -2.31. The number of benzene rings is 3. The van der Waals surface area contributed by atoms with E-state index in [9.17, 15) is 13.6 Å². The number of carbonyl (C=O) groups is 1. The Morgan fingerprint density at radius 2 is 1.67 bits per heavy atom. The summed E-state index contributed by atoms with van der Waals surface area (Å²) < 4.78 is 29.2. The smallest absolute Gasteiger partial charge is 0.335 e. The zero-order chi connectivity index (χ0) is 22.9. The van der Waals surface area contributed by atoms with Crippen LogP contribution in [0.2, 0.25) is 0 Å². The standard InChI is InChI=1S/C25H20F2N4O2/c26-19-6-3-7-20(27)21(19)23-18-5-2-1-4-17(18)22-15(12-28-23)13-29-25(31-22)30-16-10-8-14(9-11-16)24(32)33/h1-11,25,29-31H,12-13H2,(H,32,33). The molecule has 0 saturated heterocycles. The van der Waals surface area contributed by atoms with Crippen molar-refractivity contribution in [2.75, 3.05) is 18.4 Å². The molecule has 3 aromatic rings. The first-order valence-electron chi connectivity index (χ1n) is 10.4. The molecule has 6 nitrogen and oxygen atoms in total. The average Bonchev–Trinajstić information content (AvgIpc) is 2.97. The molecular formula is C25H20F2N4O2. The minimum atomic E-state index is -0.984. The largest absolute Gasteiger partial charge is 0.478 e. The van der Waals surface area contributed by atoms with Gasteiger partial charge in [-0.3, -0.25) is 10.3 Å². The Labute approximate surface area is 188 Å². The van der Waals surface area contributed by atoms with Gasteiger partial charge < -0.3 is 15.7 Å². The quantitative estimate of drug-likeness (QED) is 0.490. The summed E-state index contributed by atoms with van der Waals surface area (Å²) >= 11 is 0. The Kier molecular flexibility index (Phi) is 5.35. The van der Waals surface area contributed by atoms with Crippen LogP contribution < -0.4 is 16.0 Å². The first kappa shape index (κ1) is 20.8. The van der Waals surface area contributed by atoms with Crippen molar-refractivity contribution in [3.8, 4) is 0 Å². The van der Waals surface area contributed by atoms with Gasteiger partial charge >= 0.3 is 5.97 Å². The summed E-state index contributed by atoms with van der Waals surface area (Å²) in [7, 11) is 0. The van der Waals surface area contributed by atoms with Crippen LogP contribution in [0.5, 0.6) is 0 Å². The second-order valence-electron chi connectivity index (χ2n) is 7.77. The highest BCUT2D eigenvalue weighted by Gasteiger charge is 2.28. The molecule has 2 heterocycles. The maximum absolute atomic E-state index is 14.6. The van der Waals surface area contributed by atoms with Gasteiger partial charge in [0.2, 0.25) is 0 Å². The van der Waals surface area contributed by atoms with E-state index in [4.69, 9.17) is 5.11 Å². The molecule has 0 spiro atoms. The average molecular weight is 446 g/mol. The Bertz CT molecular complexity index is 1280. The van der Waals surface area contributed by atoms with Crippen molar-refractivity contribution in [2.45, 2.75) is 6.29 Å². The number of carboxylic acids is 1. The minimum absolute atomic E-state index is 0.133. The number of nitrogens with one attached hydrogen (secondary N) is 3. The lowest BCUT2D eigenvalue weighted by atomic mass is 9.94. The van der Waals surface area contributed by atoms with Gasteiger partial charge in [-0.05, 0) is 42.0 Å². The minimum Gasteiger partial charge on any atom is -0.478 e. The molecule has 8 heteroatoms. The maximum Gasteiger partial charge on any atom is 0.335 e. The molecule has 0 radical (unpaired) electrons. The molecule has 0 saturated carbocycles. The van der Waals surface area contributed by atoms with Gasteiger partial charge in [-0.1, -0.05) is 30.3 Å². The van der Waals surface area contributed by atoms with E-state index in [2.05, 4.69) is 20.9 Å². The summed E-state index contributed by atoms with van der Waals surface area (Å²) in [5, 5.41) is 19.1. The van der Waals surface area contributed by atoms with Crippen molar-refractivity contribution in [2.24, 2.45) is 4.99 Å². The van der Waals surface area contributed by atoms with Crippen molar-refractivity contribution in [3.05, 3.63) is 106 Å². The summed E-state index contributed by atoms with van der Waals surface area (Å²) in [6.07, 6.45) is -0.348. The van der Waals surface area contributed by atoms with Crippen LogP contribution in [-0.4, -0.2) is 36.2 Å². The van der Waals surface area contributed by atoms with Gasteiger partial charge in [0.25, 0.3) is 0 Å². The van der Waals surface area contributed by atoms with Crippen molar-refractivity contribution in [3.63, 3.8) is 0 Å². The number of aromatic carboxylic acids is 1. The van der Waals surface area contributed by atoms with Gasteiger partial charge in [0.15, 0.2) is 6.29 Å². The van der Waals surface area contributed by atoms with Crippen molar-refractivity contribution in [1.82, 2.24) is 10.6 Å². The third kappa shape index (κ3) is 3.96. The van der Waals surface area contributed by atoms with E-state index in [0.29, 0.717) is 12.1 Å². The molecule has 33 heavy (non-hydrogen) atoms. The number of rotatable bonds is 4. The molecule has 1 atom stereocenters. The maximum atomic E-state index is 14.6. The fourth-order valence-corrected chi connectivity index (χ4v) is 4.08. The predicted molar refractivity (Wildman–Crippen MR) is 122 cm³/mol. The molecule has 0 bridgehead atoms.